The normalized spacial score (nSPS) is 11.6. The zero-order valence-corrected chi connectivity index (χ0v) is 15.1. The van der Waals surface area contributed by atoms with Crippen LogP contribution in [0.2, 0.25) is 0 Å². The summed E-state index contributed by atoms with van der Waals surface area (Å²) < 4.78 is 51.8. The van der Waals surface area contributed by atoms with E-state index >= 15 is 0 Å². The van der Waals surface area contributed by atoms with Crippen LogP contribution in [0, 0.1) is 11.6 Å². The molecule has 0 aromatic heterocycles. The van der Waals surface area contributed by atoms with E-state index in [1.807, 2.05) is 0 Å². The molecule has 0 saturated heterocycles. The maximum absolute atomic E-state index is 13.5. The third-order valence-electron chi connectivity index (χ3n) is 3.15. The first-order chi connectivity index (χ1) is 11.7. The van der Waals surface area contributed by atoms with Crippen LogP contribution in [0.1, 0.15) is 0 Å². The van der Waals surface area contributed by atoms with Crippen LogP contribution in [0.3, 0.4) is 0 Å². The van der Waals surface area contributed by atoms with Crippen LogP contribution in [0.25, 0.3) is 0 Å². The maximum Gasteiger partial charge on any atom is 0.242 e. The van der Waals surface area contributed by atoms with Gasteiger partial charge in [0.25, 0.3) is 0 Å². The number of hydrogen-bond acceptors (Lipinski definition) is 4. The van der Waals surface area contributed by atoms with Gasteiger partial charge in [-0.3, -0.25) is 4.79 Å². The summed E-state index contributed by atoms with van der Waals surface area (Å²) in [7, 11) is -0.800. The van der Waals surface area contributed by atoms with Crippen LogP contribution in [-0.4, -0.2) is 38.5 Å². The molecule has 0 aliphatic rings. The topological polar surface area (TPSA) is 66.5 Å². The molecular weight excluding hydrogens is 370 g/mol. The van der Waals surface area contributed by atoms with E-state index in [0.717, 1.165) is 34.3 Å². The molecule has 0 aliphatic heterocycles. The molecule has 5 nitrogen and oxygen atoms in total. The minimum Gasteiger partial charge on any atom is -0.325 e. The number of nitrogens with one attached hydrogen (secondary N) is 1. The molecule has 0 radical (unpaired) electrons. The molecule has 1 amide bonds. The summed E-state index contributed by atoms with van der Waals surface area (Å²) in [4.78, 5) is 12.0. The predicted octanol–water partition coefficient (Wildman–Crippen LogP) is 2.95. The molecule has 0 bridgehead atoms. The monoisotopic (exact) mass is 386 g/mol. The highest BCUT2D eigenvalue weighted by atomic mass is 32.2. The summed E-state index contributed by atoms with van der Waals surface area (Å²) in [5.74, 6) is -1.82. The fraction of sp³-hybridized carbons (Fsp3) is 0.188. The number of anilines is 1. The van der Waals surface area contributed by atoms with E-state index in [1.54, 1.807) is 6.07 Å². The Kier molecular flexibility index (Phi) is 6.15. The van der Waals surface area contributed by atoms with Crippen molar-refractivity contribution in [2.24, 2.45) is 0 Å². The Balaban J connectivity index is 2.05. The fourth-order valence-electron chi connectivity index (χ4n) is 1.87. The number of sulfonamides is 1. The predicted molar refractivity (Wildman–Crippen MR) is 93.0 cm³/mol. The first kappa shape index (κ1) is 19.4. The van der Waals surface area contributed by atoms with E-state index in [-0.39, 0.29) is 15.5 Å². The fourth-order valence-corrected chi connectivity index (χ4v) is 3.58. The van der Waals surface area contributed by atoms with E-state index in [0.29, 0.717) is 5.69 Å². The summed E-state index contributed by atoms with van der Waals surface area (Å²) >= 11 is 0.850. The van der Waals surface area contributed by atoms with Gasteiger partial charge in [-0.2, -0.15) is 0 Å². The van der Waals surface area contributed by atoms with E-state index in [2.05, 4.69) is 5.32 Å². The highest BCUT2D eigenvalue weighted by Crippen LogP contribution is 2.23. The summed E-state index contributed by atoms with van der Waals surface area (Å²) in [6, 6.07) is 8.80. The number of carbonyl (C=O) groups is 1. The highest BCUT2D eigenvalue weighted by molar-refractivity contribution is 8.00. The summed E-state index contributed by atoms with van der Waals surface area (Å²) in [5.41, 5.74) is 0.299. The second-order valence-electron chi connectivity index (χ2n) is 5.23. The van der Waals surface area contributed by atoms with Crippen molar-refractivity contribution in [3.8, 4) is 0 Å². The number of carbonyl (C=O) groups excluding carboxylic acids is 1. The zero-order chi connectivity index (χ0) is 18.6. The van der Waals surface area contributed by atoms with E-state index in [1.165, 1.54) is 32.3 Å². The van der Waals surface area contributed by atoms with Gasteiger partial charge in [0, 0.05) is 24.7 Å². The number of hydrogen-bond donors (Lipinski definition) is 1. The second-order valence-corrected chi connectivity index (χ2v) is 8.40. The molecule has 1 N–H and O–H groups in total. The van der Waals surface area contributed by atoms with Crippen molar-refractivity contribution in [1.29, 1.82) is 0 Å². The van der Waals surface area contributed by atoms with Gasteiger partial charge in [0.1, 0.15) is 11.6 Å². The Morgan fingerprint density at radius 3 is 2.56 bits per heavy atom. The van der Waals surface area contributed by atoms with Crippen LogP contribution in [0.5, 0.6) is 0 Å². The SMILES string of the molecule is CN(C)S(=O)(=O)c1cccc(NC(=O)CSc2cc(F)ccc2F)c1. The molecule has 25 heavy (non-hydrogen) atoms. The van der Waals surface area contributed by atoms with Crippen LogP contribution in [0.4, 0.5) is 14.5 Å². The lowest BCUT2D eigenvalue weighted by molar-refractivity contribution is -0.113. The zero-order valence-electron chi connectivity index (χ0n) is 13.5. The molecule has 0 fully saturated rings. The molecule has 0 aliphatic carbocycles. The number of amides is 1. The van der Waals surface area contributed by atoms with Crippen molar-refractivity contribution in [3.63, 3.8) is 0 Å². The van der Waals surface area contributed by atoms with Gasteiger partial charge in [-0.1, -0.05) is 6.07 Å². The molecule has 2 rings (SSSR count). The minimum absolute atomic E-state index is 0.0269. The van der Waals surface area contributed by atoms with Crippen molar-refractivity contribution in [3.05, 3.63) is 54.1 Å². The van der Waals surface area contributed by atoms with Crippen LogP contribution < -0.4 is 5.32 Å². The smallest absolute Gasteiger partial charge is 0.242 e. The first-order valence-electron chi connectivity index (χ1n) is 7.10. The Morgan fingerprint density at radius 2 is 1.88 bits per heavy atom. The average Bonchev–Trinajstić information content (AvgIpc) is 2.55. The van der Waals surface area contributed by atoms with Gasteiger partial charge in [0.05, 0.1) is 10.6 Å². The summed E-state index contributed by atoms with van der Waals surface area (Å²) in [5, 5.41) is 2.54. The average molecular weight is 386 g/mol. The van der Waals surface area contributed by atoms with Gasteiger partial charge in [0.15, 0.2) is 0 Å². The van der Waals surface area contributed by atoms with Crippen molar-refractivity contribution in [2.75, 3.05) is 25.2 Å². The van der Waals surface area contributed by atoms with Gasteiger partial charge in [-0.15, -0.1) is 11.8 Å². The van der Waals surface area contributed by atoms with Gasteiger partial charge >= 0.3 is 0 Å². The van der Waals surface area contributed by atoms with Crippen molar-refractivity contribution >= 4 is 33.4 Å². The molecular formula is C16H16F2N2O3S2. The van der Waals surface area contributed by atoms with Crippen molar-refractivity contribution < 1.29 is 22.0 Å². The number of halogens is 2. The first-order valence-corrected chi connectivity index (χ1v) is 9.53. The highest BCUT2D eigenvalue weighted by Gasteiger charge is 2.17. The van der Waals surface area contributed by atoms with Gasteiger partial charge in [-0.05, 0) is 36.4 Å². The lowest BCUT2D eigenvalue weighted by atomic mass is 10.3. The summed E-state index contributed by atoms with van der Waals surface area (Å²) in [6.07, 6.45) is 0. The number of rotatable bonds is 6. The lowest BCUT2D eigenvalue weighted by Crippen LogP contribution is -2.22. The third kappa shape index (κ3) is 5.00. The van der Waals surface area contributed by atoms with Crippen LogP contribution >= 0.6 is 11.8 Å². The van der Waals surface area contributed by atoms with Gasteiger partial charge < -0.3 is 5.32 Å². The Morgan fingerprint density at radius 1 is 1.16 bits per heavy atom. The largest absolute Gasteiger partial charge is 0.325 e. The standard InChI is InChI=1S/C16H16F2N2O3S2/c1-20(2)25(22,23)13-5-3-4-12(9-13)19-16(21)10-24-15-8-11(17)6-7-14(15)18/h3-9H,10H2,1-2H3,(H,19,21). The second kappa shape index (κ2) is 7.94. The Hall–Kier alpha value is -1.97. The van der Waals surface area contributed by atoms with E-state index in [9.17, 15) is 22.0 Å². The minimum atomic E-state index is -3.62. The molecule has 2 aromatic rings. The summed E-state index contributed by atoms with van der Waals surface area (Å²) in [6.45, 7) is 0. The molecule has 2 aromatic carbocycles. The maximum atomic E-state index is 13.5. The lowest BCUT2D eigenvalue weighted by Gasteiger charge is -2.12. The molecule has 134 valence electrons. The quantitative estimate of drug-likeness (QED) is 0.776. The number of nitrogens with zero attached hydrogens (tertiary/aromatic N) is 1. The molecule has 0 atom stereocenters. The molecule has 9 heteroatoms. The Labute approximate surface area is 149 Å². The van der Waals surface area contributed by atoms with Gasteiger partial charge in [-0.25, -0.2) is 21.5 Å². The molecule has 0 saturated carbocycles. The van der Waals surface area contributed by atoms with Gasteiger partial charge in [0.2, 0.25) is 15.9 Å². The third-order valence-corrected chi connectivity index (χ3v) is 5.99. The Bertz CT molecular complexity index is 887. The van der Waals surface area contributed by atoms with Crippen molar-refractivity contribution in [1.82, 2.24) is 4.31 Å². The molecule has 0 unspecified atom stereocenters. The van der Waals surface area contributed by atoms with Crippen molar-refractivity contribution in [2.45, 2.75) is 9.79 Å². The molecule has 0 heterocycles. The number of thioether (sulfide) groups is 1. The van der Waals surface area contributed by atoms with E-state index < -0.39 is 27.6 Å². The number of benzene rings is 2. The van der Waals surface area contributed by atoms with Crippen LogP contribution in [-0.2, 0) is 14.8 Å². The molecule has 0 spiro atoms. The van der Waals surface area contributed by atoms with Crippen LogP contribution in [0.15, 0.2) is 52.3 Å². The van der Waals surface area contributed by atoms with E-state index in [4.69, 9.17) is 0 Å².